The van der Waals surface area contributed by atoms with Crippen LogP contribution in [-0.2, 0) is 13.2 Å². The van der Waals surface area contributed by atoms with Crippen molar-refractivity contribution in [2.75, 3.05) is 10.6 Å². The third-order valence-electron chi connectivity index (χ3n) is 5.09. The SMILES string of the molecule is CCn1cc(NC(=O)c2ccc(COc3ccc(Br)cc3Cl)cc2)c(C(=O)Nc2ccccc2)n1. The molecule has 9 heteroatoms. The van der Waals surface area contributed by atoms with Gasteiger partial charge in [0, 0.05) is 28.5 Å². The summed E-state index contributed by atoms with van der Waals surface area (Å²) in [6.45, 7) is 2.76. The zero-order valence-electron chi connectivity index (χ0n) is 18.8. The highest BCUT2D eigenvalue weighted by Gasteiger charge is 2.19. The van der Waals surface area contributed by atoms with E-state index in [-0.39, 0.29) is 11.6 Å². The van der Waals surface area contributed by atoms with Crippen LogP contribution in [0.1, 0.15) is 33.3 Å². The molecule has 0 aliphatic heterocycles. The Morgan fingerprint density at radius 2 is 1.74 bits per heavy atom. The highest BCUT2D eigenvalue weighted by atomic mass is 79.9. The zero-order valence-corrected chi connectivity index (χ0v) is 21.1. The minimum Gasteiger partial charge on any atom is -0.487 e. The minimum atomic E-state index is -0.405. The number of aromatic nitrogens is 2. The largest absolute Gasteiger partial charge is 0.487 e. The van der Waals surface area contributed by atoms with Crippen molar-refractivity contribution in [3.8, 4) is 5.75 Å². The van der Waals surface area contributed by atoms with Gasteiger partial charge in [0.05, 0.1) is 10.7 Å². The zero-order chi connectivity index (χ0) is 24.8. The van der Waals surface area contributed by atoms with Gasteiger partial charge in [0.15, 0.2) is 5.69 Å². The van der Waals surface area contributed by atoms with Crippen molar-refractivity contribution in [1.82, 2.24) is 9.78 Å². The van der Waals surface area contributed by atoms with Crippen molar-refractivity contribution >= 4 is 50.7 Å². The molecule has 1 heterocycles. The Hall–Kier alpha value is -3.62. The molecule has 35 heavy (non-hydrogen) atoms. The lowest BCUT2D eigenvalue weighted by Gasteiger charge is -2.09. The second-order valence-corrected chi connectivity index (χ2v) is 8.90. The van der Waals surface area contributed by atoms with Gasteiger partial charge in [-0.15, -0.1) is 0 Å². The van der Waals surface area contributed by atoms with Crippen LogP contribution in [0.3, 0.4) is 0 Å². The molecule has 0 fully saturated rings. The summed E-state index contributed by atoms with van der Waals surface area (Å²) in [5, 5.41) is 10.4. The Labute approximate surface area is 216 Å². The molecule has 0 bridgehead atoms. The number of benzene rings is 3. The van der Waals surface area contributed by atoms with Gasteiger partial charge in [0.2, 0.25) is 0 Å². The Balaban J connectivity index is 1.42. The lowest BCUT2D eigenvalue weighted by Crippen LogP contribution is -2.18. The summed E-state index contributed by atoms with van der Waals surface area (Å²) >= 11 is 9.55. The third kappa shape index (κ3) is 6.29. The first-order valence-electron chi connectivity index (χ1n) is 10.8. The number of carbonyl (C=O) groups is 2. The van der Waals surface area contributed by atoms with E-state index in [2.05, 4.69) is 31.7 Å². The molecule has 2 N–H and O–H groups in total. The quantitative estimate of drug-likeness (QED) is 0.264. The molecule has 0 unspecified atom stereocenters. The van der Waals surface area contributed by atoms with Crippen LogP contribution in [0.25, 0.3) is 0 Å². The fraction of sp³-hybridized carbons (Fsp3) is 0.115. The first kappa shape index (κ1) is 24.5. The molecule has 0 atom stereocenters. The van der Waals surface area contributed by atoms with Crippen LogP contribution >= 0.6 is 27.5 Å². The van der Waals surface area contributed by atoms with Crippen molar-refractivity contribution in [3.05, 3.63) is 105 Å². The van der Waals surface area contributed by atoms with Gasteiger partial charge in [-0.25, -0.2) is 0 Å². The number of nitrogens with one attached hydrogen (secondary N) is 2. The van der Waals surface area contributed by atoms with Crippen LogP contribution in [0.15, 0.2) is 83.5 Å². The van der Waals surface area contributed by atoms with Crippen LogP contribution in [0.4, 0.5) is 11.4 Å². The predicted octanol–water partition coefficient (Wildman–Crippen LogP) is 6.40. The first-order chi connectivity index (χ1) is 16.9. The maximum absolute atomic E-state index is 12.9. The fourth-order valence-corrected chi connectivity index (χ4v) is 3.98. The van der Waals surface area contributed by atoms with Crippen molar-refractivity contribution in [2.45, 2.75) is 20.1 Å². The van der Waals surface area contributed by atoms with Crippen LogP contribution in [0, 0.1) is 0 Å². The van der Waals surface area contributed by atoms with Gasteiger partial charge in [-0.3, -0.25) is 14.3 Å². The molecule has 4 rings (SSSR count). The van der Waals surface area contributed by atoms with Crippen LogP contribution in [-0.4, -0.2) is 21.6 Å². The van der Waals surface area contributed by atoms with E-state index in [1.54, 1.807) is 59.4 Å². The number of nitrogens with zero attached hydrogens (tertiary/aromatic N) is 2. The van der Waals surface area contributed by atoms with E-state index in [9.17, 15) is 9.59 Å². The molecule has 0 aliphatic rings. The molecule has 4 aromatic rings. The van der Waals surface area contributed by atoms with E-state index in [0.29, 0.717) is 40.9 Å². The second-order valence-electron chi connectivity index (χ2n) is 7.58. The number of ether oxygens (including phenoxy) is 1. The number of halogens is 2. The number of hydrogen-bond donors (Lipinski definition) is 2. The number of para-hydroxylation sites is 1. The lowest BCUT2D eigenvalue weighted by molar-refractivity contribution is 0.102. The molecule has 7 nitrogen and oxygen atoms in total. The number of hydrogen-bond acceptors (Lipinski definition) is 4. The average Bonchev–Trinajstić information content (AvgIpc) is 3.27. The monoisotopic (exact) mass is 552 g/mol. The maximum Gasteiger partial charge on any atom is 0.278 e. The maximum atomic E-state index is 12.9. The molecule has 0 saturated carbocycles. The Morgan fingerprint density at radius 3 is 2.43 bits per heavy atom. The Bertz CT molecular complexity index is 1340. The summed E-state index contributed by atoms with van der Waals surface area (Å²) in [7, 11) is 0. The van der Waals surface area contributed by atoms with E-state index in [1.165, 1.54) is 0 Å². The molecule has 0 aliphatic carbocycles. The summed E-state index contributed by atoms with van der Waals surface area (Å²) in [4.78, 5) is 25.7. The van der Waals surface area contributed by atoms with E-state index in [1.807, 2.05) is 31.2 Å². The minimum absolute atomic E-state index is 0.139. The molecular formula is C26H22BrClN4O3. The lowest BCUT2D eigenvalue weighted by atomic mass is 10.1. The summed E-state index contributed by atoms with van der Waals surface area (Å²) < 4.78 is 8.24. The summed E-state index contributed by atoms with van der Waals surface area (Å²) in [5.41, 5.74) is 2.43. The standard InChI is InChI=1S/C26H22BrClN4O3/c1-2-32-15-22(24(31-32)26(34)29-20-6-4-3-5-7-20)30-25(33)18-10-8-17(9-11-18)16-35-23-13-12-19(27)14-21(23)28/h3-15H,2,16H2,1H3,(H,29,34)(H,30,33). The smallest absolute Gasteiger partial charge is 0.278 e. The van der Waals surface area contributed by atoms with E-state index >= 15 is 0 Å². The van der Waals surface area contributed by atoms with Crippen molar-refractivity contribution in [2.24, 2.45) is 0 Å². The third-order valence-corrected chi connectivity index (χ3v) is 5.87. The molecule has 178 valence electrons. The summed E-state index contributed by atoms with van der Waals surface area (Å²) in [5.74, 6) is -0.179. The van der Waals surface area contributed by atoms with Crippen molar-refractivity contribution in [3.63, 3.8) is 0 Å². The summed E-state index contributed by atoms with van der Waals surface area (Å²) in [6.07, 6.45) is 1.64. The van der Waals surface area contributed by atoms with Gasteiger partial charge in [-0.05, 0) is 55.0 Å². The number of amides is 2. The van der Waals surface area contributed by atoms with E-state index in [4.69, 9.17) is 16.3 Å². The summed E-state index contributed by atoms with van der Waals surface area (Å²) in [6, 6.07) is 21.5. The second kappa shape index (κ2) is 11.2. The molecule has 0 spiro atoms. The topological polar surface area (TPSA) is 85.2 Å². The highest BCUT2D eigenvalue weighted by Crippen LogP contribution is 2.28. The molecule has 0 saturated heterocycles. The molecule has 3 aromatic carbocycles. The van der Waals surface area contributed by atoms with Gasteiger partial charge in [0.1, 0.15) is 12.4 Å². The van der Waals surface area contributed by atoms with Gasteiger partial charge in [-0.1, -0.05) is 57.9 Å². The Morgan fingerprint density at radius 1 is 1.00 bits per heavy atom. The number of aryl methyl sites for hydroxylation is 1. The van der Waals surface area contributed by atoms with E-state index < -0.39 is 5.91 Å². The highest BCUT2D eigenvalue weighted by molar-refractivity contribution is 9.10. The Kier molecular flexibility index (Phi) is 7.84. The van der Waals surface area contributed by atoms with Gasteiger partial charge >= 0.3 is 0 Å². The fourth-order valence-electron chi connectivity index (χ4n) is 3.25. The molecule has 0 radical (unpaired) electrons. The van der Waals surface area contributed by atoms with Crippen LogP contribution in [0.2, 0.25) is 5.02 Å². The van der Waals surface area contributed by atoms with Gasteiger partial charge < -0.3 is 15.4 Å². The number of anilines is 2. The van der Waals surface area contributed by atoms with E-state index in [0.717, 1.165) is 10.0 Å². The average molecular weight is 554 g/mol. The van der Waals surface area contributed by atoms with Crippen molar-refractivity contribution in [1.29, 1.82) is 0 Å². The normalized spacial score (nSPS) is 10.6. The number of rotatable bonds is 8. The number of carbonyl (C=O) groups excluding carboxylic acids is 2. The van der Waals surface area contributed by atoms with Crippen LogP contribution < -0.4 is 15.4 Å². The molecular weight excluding hydrogens is 532 g/mol. The first-order valence-corrected chi connectivity index (χ1v) is 12.0. The molecule has 2 amide bonds. The van der Waals surface area contributed by atoms with Gasteiger partial charge in [0.25, 0.3) is 11.8 Å². The van der Waals surface area contributed by atoms with Crippen LogP contribution in [0.5, 0.6) is 5.75 Å². The van der Waals surface area contributed by atoms with Gasteiger partial charge in [-0.2, -0.15) is 5.10 Å². The predicted molar refractivity (Wildman–Crippen MR) is 140 cm³/mol. The van der Waals surface area contributed by atoms with Crippen molar-refractivity contribution < 1.29 is 14.3 Å². The molecule has 1 aromatic heterocycles.